The monoisotopic (exact) mass is 200 g/mol. The normalized spacial score (nSPS) is 17.7. The number of carbonyl (C=O) groups excluding carboxylic acids is 1. The molecule has 0 atom stereocenters. The van der Waals surface area contributed by atoms with Crippen LogP contribution in [0, 0.1) is 5.92 Å². The molecule has 0 aromatic carbocycles. The summed E-state index contributed by atoms with van der Waals surface area (Å²) in [5.74, 6) is 0.441. The Morgan fingerprint density at radius 2 is 1.50 bits per heavy atom. The van der Waals surface area contributed by atoms with Crippen molar-refractivity contribution >= 4 is 5.91 Å². The average molecular weight is 200 g/mol. The van der Waals surface area contributed by atoms with Gasteiger partial charge in [-0.3, -0.25) is 4.79 Å². The smallest absolute Gasteiger partial charge is 0.225 e. The van der Waals surface area contributed by atoms with Crippen molar-refractivity contribution in [2.45, 2.75) is 27.7 Å². The Morgan fingerprint density at radius 3 is 1.86 bits per heavy atom. The Hall–Kier alpha value is -0.570. The van der Waals surface area contributed by atoms with Crippen LogP contribution < -0.4 is 0 Å². The summed E-state index contributed by atoms with van der Waals surface area (Å²) in [4.78, 5) is 15.7. The number of rotatable bonds is 1. The maximum atomic E-state index is 11.5. The third-order valence-electron chi connectivity index (χ3n) is 2.31. The van der Waals surface area contributed by atoms with Crippen molar-refractivity contribution in [2.75, 3.05) is 33.2 Å². The minimum atomic E-state index is 0.147. The van der Waals surface area contributed by atoms with Crippen molar-refractivity contribution in [1.29, 1.82) is 0 Å². The molecule has 0 spiro atoms. The van der Waals surface area contributed by atoms with E-state index in [0.717, 1.165) is 26.2 Å². The molecule has 0 aromatic heterocycles. The zero-order valence-corrected chi connectivity index (χ0v) is 10.2. The number of nitrogens with zero attached hydrogens (tertiary/aromatic N) is 2. The van der Waals surface area contributed by atoms with E-state index in [4.69, 9.17) is 0 Å². The van der Waals surface area contributed by atoms with Gasteiger partial charge in [-0.05, 0) is 7.05 Å². The van der Waals surface area contributed by atoms with Gasteiger partial charge in [0, 0.05) is 32.1 Å². The van der Waals surface area contributed by atoms with Crippen LogP contribution in [-0.4, -0.2) is 48.9 Å². The molecule has 3 nitrogen and oxygen atoms in total. The fourth-order valence-corrected chi connectivity index (χ4v) is 1.39. The molecule has 1 rings (SSSR count). The molecule has 3 heteroatoms. The van der Waals surface area contributed by atoms with E-state index in [1.54, 1.807) is 0 Å². The molecule has 1 aliphatic heterocycles. The molecule has 0 aromatic rings. The minimum Gasteiger partial charge on any atom is -0.340 e. The highest BCUT2D eigenvalue weighted by Gasteiger charge is 2.20. The second-order valence-electron chi connectivity index (χ2n) is 3.78. The number of hydrogen-bond acceptors (Lipinski definition) is 2. The van der Waals surface area contributed by atoms with Crippen molar-refractivity contribution in [3.8, 4) is 0 Å². The lowest BCUT2D eigenvalue weighted by Crippen LogP contribution is -2.48. The van der Waals surface area contributed by atoms with Crippen LogP contribution in [0.1, 0.15) is 27.7 Å². The van der Waals surface area contributed by atoms with Crippen LogP contribution in [-0.2, 0) is 4.79 Å². The molecule has 0 saturated carbocycles. The molecule has 1 fully saturated rings. The Kier molecular flexibility index (Phi) is 6.54. The third kappa shape index (κ3) is 4.09. The molecule has 84 valence electrons. The second kappa shape index (κ2) is 6.82. The SMILES string of the molecule is CC.CC(C)C(=O)N1CCN(C)CC1. The van der Waals surface area contributed by atoms with Gasteiger partial charge in [0.15, 0.2) is 0 Å². The predicted octanol–water partition coefficient (Wildman–Crippen LogP) is 1.44. The van der Waals surface area contributed by atoms with E-state index in [9.17, 15) is 4.79 Å². The maximum Gasteiger partial charge on any atom is 0.225 e. The summed E-state index contributed by atoms with van der Waals surface area (Å²) in [7, 11) is 2.09. The Morgan fingerprint density at radius 1 is 1.07 bits per heavy atom. The van der Waals surface area contributed by atoms with E-state index in [1.165, 1.54) is 0 Å². The molecule has 0 bridgehead atoms. The van der Waals surface area contributed by atoms with Crippen LogP contribution in [0.2, 0.25) is 0 Å². The quantitative estimate of drug-likeness (QED) is 0.639. The van der Waals surface area contributed by atoms with Gasteiger partial charge >= 0.3 is 0 Å². The van der Waals surface area contributed by atoms with E-state index < -0.39 is 0 Å². The zero-order chi connectivity index (χ0) is 11.1. The van der Waals surface area contributed by atoms with Crippen LogP contribution in [0.3, 0.4) is 0 Å². The molecule has 1 heterocycles. The van der Waals surface area contributed by atoms with Crippen LogP contribution in [0.15, 0.2) is 0 Å². The lowest BCUT2D eigenvalue weighted by Gasteiger charge is -2.33. The summed E-state index contributed by atoms with van der Waals surface area (Å²) < 4.78 is 0. The number of carbonyl (C=O) groups is 1. The number of likely N-dealkylation sites (N-methyl/N-ethyl adjacent to an activating group) is 1. The van der Waals surface area contributed by atoms with Gasteiger partial charge < -0.3 is 9.80 Å². The molecule has 1 aliphatic rings. The second-order valence-corrected chi connectivity index (χ2v) is 3.78. The average Bonchev–Trinajstić information content (AvgIpc) is 2.21. The highest BCUT2D eigenvalue weighted by atomic mass is 16.2. The van der Waals surface area contributed by atoms with E-state index in [0.29, 0.717) is 5.91 Å². The molecule has 0 aliphatic carbocycles. The standard InChI is InChI=1S/C9H18N2O.C2H6/c1-8(2)9(12)11-6-4-10(3)5-7-11;1-2/h8H,4-7H2,1-3H3;1-2H3. The third-order valence-corrected chi connectivity index (χ3v) is 2.31. The van der Waals surface area contributed by atoms with Gasteiger partial charge in [-0.15, -0.1) is 0 Å². The molecule has 0 unspecified atom stereocenters. The summed E-state index contributed by atoms with van der Waals surface area (Å²) in [6.07, 6.45) is 0. The van der Waals surface area contributed by atoms with Crippen molar-refractivity contribution in [3.05, 3.63) is 0 Å². The van der Waals surface area contributed by atoms with Gasteiger partial charge in [0.2, 0.25) is 5.91 Å². The fraction of sp³-hybridized carbons (Fsp3) is 0.909. The van der Waals surface area contributed by atoms with Gasteiger partial charge in [0.05, 0.1) is 0 Å². The van der Waals surface area contributed by atoms with E-state index >= 15 is 0 Å². The summed E-state index contributed by atoms with van der Waals surface area (Å²) in [6.45, 7) is 11.7. The summed E-state index contributed by atoms with van der Waals surface area (Å²) in [5, 5.41) is 0. The first-order valence-corrected chi connectivity index (χ1v) is 5.58. The minimum absolute atomic E-state index is 0.147. The van der Waals surface area contributed by atoms with E-state index in [1.807, 2.05) is 32.6 Å². The van der Waals surface area contributed by atoms with E-state index in [-0.39, 0.29) is 5.92 Å². The highest BCUT2D eigenvalue weighted by molar-refractivity contribution is 5.78. The van der Waals surface area contributed by atoms with Crippen LogP contribution >= 0.6 is 0 Å². The summed E-state index contributed by atoms with van der Waals surface area (Å²) in [6, 6.07) is 0. The van der Waals surface area contributed by atoms with Crippen molar-refractivity contribution in [3.63, 3.8) is 0 Å². The molecular formula is C11H24N2O. The molecule has 14 heavy (non-hydrogen) atoms. The topological polar surface area (TPSA) is 23.6 Å². The Labute approximate surface area is 88.1 Å². The lowest BCUT2D eigenvalue weighted by atomic mass is 10.2. The van der Waals surface area contributed by atoms with Gasteiger partial charge in [-0.25, -0.2) is 0 Å². The first-order valence-electron chi connectivity index (χ1n) is 5.58. The van der Waals surface area contributed by atoms with Gasteiger partial charge in [-0.1, -0.05) is 27.7 Å². The van der Waals surface area contributed by atoms with Crippen LogP contribution in [0.25, 0.3) is 0 Å². The summed E-state index contributed by atoms with van der Waals surface area (Å²) >= 11 is 0. The fourth-order valence-electron chi connectivity index (χ4n) is 1.39. The predicted molar refractivity (Wildman–Crippen MR) is 60.3 cm³/mol. The maximum absolute atomic E-state index is 11.5. The molecular weight excluding hydrogens is 176 g/mol. The number of amides is 1. The Bertz CT molecular complexity index is 161. The van der Waals surface area contributed by atoms with Gasteiger partial charge in [0.25, 0.3) is 0 Å². The largest absolute Gasteiger partial charge is 0.340 e. The molecule has 1 saturated heterocycles. The zero-order valence-electron chi connectivity index (χ0n) is 10.2. The van der Waals surface area contributed by atoms with Crippen molar-refractivity contribution < 1.29 is 4.79 Å². The van der Waals surface area contributed by atoms with Gasteiger partial charge in [0.1, 0.15) is 0 Å². The lowest BCUT2D eigenvalue weighted by molar-refractivity contribution is -0.136. The van der Waals surface area contributed by atoms with E-state index in [2.05, 4.69) is 11.9 Å². The van der Waals surface area contributed by atoms with Crippen molar-refractivity contribution in [1.82, 2.24) is 9.80 Å². The first-order chi connectivity index (χ1) is 6.61. The first kappa shape index (κ1) is 13.4. The van der Waals surface area contributed by atoms with Crippen LogP contribution in [0.5, 0.6) is 0 Å². The number of hydrogen-bond donors (Lipinski definition) is 0. The molecule has 0 radical (unpaired) electrons. The van der Waals surface area contributed by atoms with Gasteiger partial charge in [-0.2, -0.15) is 0 Å². The summed E-state index contributed by atoms with van der Waals surface area (Å²) in [5.41, 5.74) is 0. The Balaban J connectivity index is 0.000000791. The highest BCUT2D eigenvalue weighted by Crippen LogP contribution is 2.05. The molecule has 0 N–H and O–H groups in total. The number of piperazine rings is 1. The molecule has 1 amide bonds. The van der Waals surface area contributed by atoms with Crippen molar-refractivity contribution in [2.24, 2.45) is 5.92 Å². The van der Waals surface area contributed by atoms with Crippen LogP contribution in [0.4, 0.5) is 0 Å².